The number of thioether (sulfide) groups is 1. The number of carbonyl (C=O) groups excluding carboxylic acids is 2. The van der Waals surface area contributed by atoms with Crippen molar-refractivity contribution in [3.05, 3.63) is 60.4 Å². The van der Waals surface area contributed by atoms with Crippen LogP contribution in [0, 0.1) is 0 Å². The Morgan fingerprint density at radius 2 is 1.84 bits per heavy atom. The molecule has 160 valence electrons. The summed E-state index contributed by atoms with van der Waals surface area (Å²) in [6.07, 6.45) is 6.46. The average Bonchev–Trinajstić information content (AvgIpc) is 3.21. The van der Waals surface area contributed by atoms with Crippen LogP contribution in [0.3, 0.4) is 0 Å². The Kier molecular flexibility index (Phi) is 7.94. The Labute approximate surface area is 184 Å². The first-order chi connectivity index (χ1) is 15.1. The molecule has 0 radical (unpaired) electrons. The predicted octanol–water partition coefficient (Wildman–Crippen LogP) is 3.67. The van der Waals surface area contributed by atoms with Gasteiger partial charge in [0, 0.05) is 36.3 Å². The number of esters is 1. The molecule has 0 saturated heterocycles. The highest BCUT2D eigenvalue weighted by molar-refractivity contribution is 7.99. The number of benzene rings is 1. The molecule has 0 spiro atoms. The molecule has 1 aromatic carbocycles. The van der Waals surface area contributed by atoms with Gasteiger partial charge in [0.2, 0.25) is 5.91 Å². The molecule has 3 aromatic rings. The number of pyridine rings is 1. The predicted molar refractivity (Wildman–Crippen MR) is 120 cm³/mol. The van der Waals surface area contributed by atoms with E-state index in [0.29, 0.717) is 24.0 Å². The fraction of sp³-hybridized carbons (Fsp3) is 0.227. The van der Waals surface area contributed by atoms with E-state index in [2.05, 4.69) is 20.5 Å². The molecular weight excluding hydrogens is 414 g/mol. The summed E-state index contributed by atoms with van der Waals surface area (Å²) in [5, 5.41) is 12.0. The lowest BCUT2D eigenvalue weighted by Crippen LogP contribution is -2.14. The number of hydrogen-bond donors (Lipinski definition) is 1. The van der Waals surface area contributed by atoms with Gasteiger partial charge in [-0.1, -0.05) is 23.9 Å². The minimum Gasteiger partial charge on any atom is -0.463 e. The van der Waals surface area contributed by atoms with Crippen molar-refractivity contribution in [3.63, 3.8) is 0 Å². The number of nitrogens with zero attached hydrogens (tertiary/aromatic N) is 4. The Hall–Kier alpha value is -3.46. The quantitative estimate of drug-likeness (QED) is 0.310. The number of rotatable bonds is 9. The summed E-state index contributed by atoms with van der Waals surface area (Å²) in [6.45, 7) is 4.80. The summed E-state index contributed by atoms with van der Waals surface area (Å²) in [6, 6.07) is 10.9. The van der Waals surface area contributed by atoms with E-state index in [1.165, 1.54) is 17.8 Å². The number of anilines is 1. The van der Waals surface area contributed by atoms with Crippen molar-refractivity contribution in [3.8, 4) is 11.4 Å². The Morgan fingerprint density at radius 1 is 1.10 bits per heavy atom. The molecule has 0 fully saturated rings. The molecule has 0 unspecified atom stereocenters. The lowest BCUT2D eigenvalue weighted by Gasteiger charge is -2.08. The van der Waals surface area contributed by atoms with Crippen LogP contribution in [-0.4, -0.2) is 44.0 Å². The first kappa shape index (κ1) is 22.2. The molecule has 1 amide bonds. The third-order valence-corrected chi connectivity index (χ3v) is 5.16. The minimum atomic E-state index is -0.385. The van der Waals surface area contributed by atoms with Crippen molar-refractivity contribution < 1.29 is 14.3 Å². The van der Waals surface area contributed by atoms with Crippen LogP contribution in [0.4, 0.5) is 5.69 Å². The molecule has 9 heteroatoms. The third kappa shape index (κ3) is 6.26. The highest BCUT2D eigenvalue weighted by atomic mass is 32.2. The third-order valence-electron chi connectivity index (χ3n) is 4.20. The van der Waals surface area contributed by atoms with Gasteiger partial charge in [-0.25, -0.2) is 4.79 Å². The number of amides is 1. The van der Waals surface area contributed by atoms with Crippen LogP contribution in [0.15, 0.2) is 60.0 Å². The van der Waals surface area contributed by atoms with Crippen molar-refractivity contribution in [2.45, 2.75) is 25.5 Å². The van der Waals surface area contributed by atoms with Crippen LogP contribution in [0.5, 0.6) is 0 Å². The second kappa shape index (κ2) is 11.1. The summed E-state index contributed by atoms with van der Waals surface area (Å²) >= 11 is 1.33. The van der Waals surface area contributed by atoms with Gasteiger partial charge in [-0.2, -0.15) is 0 Å². The van der Waals surface area contributed by atoms with Gasteiger partial charge in [0.1, 0.15) is 0 Å². The van der Waals surface area contributed by atoms with Gasteiger partial charge in [0.05, 0.1) is 12.4 Å². The van der Waals surface area contributed by atoms with Gasteiger partial charge in [0.15, 0.2) is 11.0 Å². The van der Waals surface area contributed by atoms with Crippen LogP contribution in [-0.2, 0) is 20.9 Å². The van der Waals surface area contributed by atoms with Crippen LogP contribution in [0.1, 0.15) is 19.4 Å². The fourth-order valence-electron chi connectivity index (χ4n) is 2.75. The molecular formula is C22H23N5O3S. The van der Waals surface area contributed by atoms with Crippen molar-refractivity contribution >= 4 is 35.4 Å². The molecule has 8 nitrogen and oxygen atoms in total. The van der Waals surface area contributed by atoms with Gasteiger partial charge in [-0.05, 0) is 49.8 Å². The second-order valence-electron chi connectivity index (χ2n) is 6.33. The maximum atomic E-state index is 12.4. The highest BCUT2D eigenvalue weighted by Gasteiger charge is 2.14. The number of ether oxygens (including phenoxy) is 1. The van der Waals surface area contributed by atoms with Gasteiger partial charge in [0.25, 0.3) is 0 Å². The lowest BCUT2D eigenvalue weighted by atomic mass is 10.2. The topological polar surface area (TPSA) is 99.0 Å². The molecule has 0 saturated carbocycles. The first-order valence-corrected chi connectivity index (χ1v) is 10.8. The molecule has 0 atom stereocenters. The van der Waals surface area contributed by atoms with E-state index in [9.17, 15) is 9.59 Å². The van der Waals surface area contributed by atoms with E-state index in [4.69, 9.17) is 4.74 Å². The Morgan fingerprint density at radius 3 is 2.52 bits per heavy atom. The number of aromatic nitrogens is 4. The summed E-state index contributed by atoms with van der Waals surface area (Å²) in [5.41, 5.74) is 2.44. The van der Waals surface area contributed by atoms with Crippen molar-refractivity contribution in [1.29, 1.82) is 0 Å². The average molecular weight is 438 g/mol. The van der Waals surface area contributed by atoms with E-state index >= 15 is 0 Å². The van der Waals surface area contributed by atoms with Crippen LogP contribution in [0.25, 0.3) is 17.5 Å². The standard InChI is InChI=1S/C22H23N5O3S/c1-3-27-21(17-11-13-23-14-12-17)25-26-22(27)31-15-19(28)24-18-8-5-16(6-9-18)7-10-20(29)30-4-2/h5-14H,3-4,15H2,1-2H3,(H,24,28)/b10-7+. The van der Waals surface area contributed by atoms with Gasteiger partial charge >= 0.3 is 5.97 Å². The van der Waals surface area contributed by atoms with Crippen molar-refractivity contribution in [2.75, 3.05) is 17.7 Å². The fourth-order valence-corrected chi connectivity index (χ4v) is 3.56. The normalized spacial score (nSPS) is 10.9. The number of hydrogen-bond acceptors (Lipinski definition) is 7. The zero-order chi connectivity index (χ0) is 22.1. The largest absolute Gasteiger partial charge is 0.463 e. The van der Waals surface area contributed by atoms with Gasteiger partial charge < -0.3 is 14.6 Å². The number of carbonyl (C=O) groups is 2. The van der Waals surface area contributed by atoms with Crippen molar-refractivity contribution in [2.24, 2.45) is 0 Å². The van der Waals surface area contributed by atoms with Gasteiger partial charge in [-0.3, -0.25) is 9.78 Å². The molecule has 0 bridgehead atoms. The zero-order valence-electron chi connectivity index (χ0n) is 17.3. The monoisotopic (exact) mass is 437 g/mol. The van der Waals surface area contributed by atoms with E-state index in [1.807, 2.05) is 35.8 Å². The number of nitrogens with one attached hydrogen (secondary N) is 1. The second-order valence-corrected chi connectivity index (χ2v) is 7.27. The summed E-state index contributed by atoms with van der Waals surface area (Å²) in [4.78, 5) is 27.7. The molecule has 3 rings (SSSR count). The zero-order valence-corrected chi connectivity index (χ0v) is 18.1. The first-order valence-electron chi connectivity index (χ1n) is 9.81. The van der Waals surface area contributed by atoms with Crippen LogP contribution >= 0.6 is 11.8 Å². The van der Waals surface area contributed by atoms with E-state index in [1.54, 1.807) is 37.5 Å². The smallest absolute Gasteiger partial charge is 0.330 e. The molecule has 2 heterocycles. The molecule has 1 N–H and O–H groups in total. The van der Waals surface area contributed by atoms with E-state index in [0.717, 1.165) is 17.0 Å². The van der Waals surface area contributed by atoms with E-state index < -0.39 is 0 Å². The molecule has 31 heavy (non-hydrogen) atoms. The Balaban J connectivity index is 1.56. The lowest BCUT2D eigenvalue weighted by molar-refractivity contribution is -0.137. The van der Waals surface area contributed by atoms with Crippen molar-refractivity contribution in [1.82, 2.24) is 19.7 Å². The summed E-state index contributed by atoms with van der Waals surface area (Å²) < 4.78 is 6.82. The van der Waals surface area contributed by atoms with Crippen LogP contribution < -0.4 is 5.32 Å². The maximum absolute atomic E-state index is 12.4. The minimum absolute atomic E-state index is 0.143. The molecule has 0 aliphatic carbocycles. The van der Waals surface area contributed by atoms with Crippen LogP contribution in [0.2, 0.25) is 0 Å². The SMILES string of the molecule is CCOC(=O)/C=C/c1ccc(NC(=O)CSc2nnc(-c3ccncc3)n2CC)cc1. The summed E-state index contributed by atoms with van der Waals surface area (Å²) in [7, 11) is 0. The highest BCUT2D eigenvalue weighted by Crippen LogP contribution is 2.23. The maximum Gasteiger partial charge on any atom is 0.330 e. The Bertz CT molecular complexity index is 1050. The van der Waals surface area contributed by atoms with E-state index in [-0.39, 0.29) is 17.6 Å². The van der Waals surface area contributed by atoms with Gasteiger partial charge in [-0.15, -0.1) is 10.2 Å². The molecule has 2 aromatic heterocycles. The molecule has 0 aliphatic rings. The molecule has 0 aliphatic heterocycles. The summed E-state index contributed by atoms with van der Waals surface area (Å²) in [5.74, 6) is 0.429.